The molecule has 0 heterocycles. The molecule has 0 saturated carbocycles. The van der Waals surface area contributed by atoms with Gasteiger partial charge >= 0.3 is 11.9 Å². The zero-order valence-corrected chi connectivity index (χ0v) is 9.20. The van der Waals surface area contributed by atoms with E-state index >= 15 is 0 Å². The molecular formula is C12H14O5. The second kappa shape index (κ2) is 6.52. The molecule has 17 heavy (non-hydrogen) atoms. The SMILES string of the molecule is O=C(O)CCCC(Oc1ccccc1)C(=O)O. The maximum atomic E-state index is 10.9. The number of aliphatic carboxylic acids is 2. The van der Waals surface area contributed by atoms with Crippen LogP contribution in [0.5, 0.6) is 5.75 Å². The van der Waals surface area contributed by atoms with Gasteiger partial charge in [-0.2, -0.15) is 0 Å². The molecule has 2 N–H and O–H groups in total. The summed E-state index contributed by atoms with van der Waals surface area (Å²) in [6, 6.07) is 8.60. The Kier molecular flexibility index (Phi) is 5.00. The third kappa shape index (κ3) is 5.01. The fourth-order valence-corrected chi connectivity index (χ4v) is 1.33. The Labute approximate surface area is 98.6 Å². The van der Waals surface area contributed by atoms with Gasteiger partial charge in [0.15, 0.2) is 6.10 Å². The quantitative estimate of drug-likeness (QED) is 0.756. The van der Waals surface area contributed by atoms with Crippen molar-refractivity contribution in [1.29, 1.82) is 0 Å². The van der Waals surface area contributed by atoms with Crippen molar-refractivity contribution in [1.82, 2.24) is 0 Å². The molecule has 1 unspecified atom stereocenters. The Morgan fingerprint density at radius 1 is 1.18 bits per heavy atom. The van der Waals surface area contributed by atoms with Crippen LogP contribution in [0.25, 0.3) is 0 Å². The van der Waals surface area contributed by atoms with Crippen molar-refractivity contribution < 1.29 is 24.5 Å². The number of para-hydroxylation sites is 1. The molecule has 0 aliphatic rings. The number of ether oxygens (including phenoxy) is 1. The van der Waals surface area contributed by atoms with Gasteiger partial charge in [-0.25, -0.2) is 4.79 Å². The van der Waals surface area contributed by atoms with Gasteiger partial charge in [0.2, 0.25) is 0 Å². The average Bonchev–Trinajstić information content (AvgIpc) is 2.28. The van der Waals surface area contributed by atoms with Crippen LogP contribution >= 0.6 is 0 Å². The van der Waals surface area contributed by atoms with Crippen LogP contribution in [0.3, 0.4) is 0 Å². The molecule has 0 bridgehead atoms. The molecule has 1 rings (SSSR count). The van der Waals surface area contributed by atoms with Crippen LogP contribution < -0.4 is 4.74 Å². The number of carboxylic acids is 2. The highest BCUT2D eigenvalue weighted by Gasteiger charge is 2.19. The minimum absolute atomic E-state index is 0.0536. The smallest absolute Gasteiger partial charge is 0.344 e. The number of hydrogen-bond donors (Lipinski definition) is 2. The van der Waals surface area contributed by atoms with Gasteiger partial charge in [0, 0.05) is 6.42 Å². The molecule has 5 nitrogen and oxygen atoms in total. The first-order valence-corrected chi connectivity index (χ1v) is 5.26. The van der Waals surface area contributed by atoms with E-state index in [0.29, 0.717) is 5.75 Å². The van der Waals surface area contributed by atoms with Gasteiger partial charge < -0.3 is 14.9 Å². The lowest BCUT2D eigenvalue weighted by atomic mass is 10.1. The highest BCUT2D eigenvalue weighted by molar-refractivity contribution is 5.73. The Balaban J connectivity index is 2.49. The van der Waals surface area contributed by atoms with E-state index in [1.54, 1.807) is 30.3 Å². The maximum Gasteiger partial charge on any atom is 0.344 e. The molecule has 0 amide bonds. The first kappa shape index (κ1) is 13.0. The van der Waals surface area contributed by atoms with Crippen molar-refractivity contribution in [3.8, 4) is 5.75 Å². The van der Waals surface area contributed by atoms with Crippen LogP contribution in [-0.4, -0.2) is 28.3 Å². The van der Waals surface area contributed by atoms with E-state index in [9.17, 15) is 9.59 Å². The molecule has 0 spiro atoms. The molecule has 0 saturated heterocycles. The number of carbonyl (C=O) groups is 2. The van der Waals surface area contributed by atoms with Crippen LogP contribution in [0.2, 0.25) is 0 Å². The molecular weight excluding hydrogens is 224 g/mol. The predicted octanol–water partition coefficient (Wildman–Crippen LogP) is 1.77. The van der Waals surface area contributed by atoms with Gasteiger partial charge in [0.25, 0.3) is 0 Å². The fourth-order valence-electron chi connectivity index (χ4n) is 1.33. The molecule has 1 aromatic carbocycles. The summed E-state index contributed by atoms with van der Waals surface area (Å²) < 4.78 is 5.27. The molecule has 0 fully saturated rings. The van der Waals surface area contributed by atoms with E-state index in [0.717, 1.165) is 0 Å². The number of hydrogen-bond acceptors (Lipinski definition) is 3. The lowest BCUT2D eigenvalue weighted by Crippen LogP contribution is -2.27. The van der Waals surface area contributed by atoms with E-state index in [4.69, 9.17) is 14.9 Å². The van der Waals surface area contributed by atoms with Crippen LogP contribution in [0.4, 0.5) is 0 Å². The molecule has 92 valence electrons. The molecule has 0 radical (unpaired) electrons. The summed E-state index contributed by atoms with van der Waals surface area (Å²) in [7, 11) is 0. The summed E-state index contributed by atoms with van der Waals surface area (Å²) in [5.41, 5.74) is 0. The Morgan fingerprint density at radius 2 is 1.82 bits per heavy atom. The van der Waals surface area contributed by atoms with Gasteiger partial charge in [-0.3, -0.25) is 4.79 Å². The minimum Gasteiger partial charge on any atom is -0.481 e. The van der Waals surface area contributed by atoms with Gasteiger partial charge in [0.05, 0.1) is 0 Å². The minimum atomic E-state index is -1.08. The summed E-state index contributed by atoms with van der Waals surface area (Å²) >= 11 is 0. The molecule has 1 aromatic rings. The number of benzene rings is 1. The largest absolute Gasteiger partial charge is 0.481 e. The lowest BCUT2D eigenvalue weighted by molar-refractivity contribution is -0.146. The second-order valence-electron chi connectivity index (χ2n) is 3.54. The van der Waals surface area contributed by atoms with Crippen LogP contribution in [0, 0.1) is 0 Å². The third-order valence-corrected chi connectivity index (χ3v) is 2.15. The van der Waals surface area contributed by atoms with E-state index < -0.39 is 18.0 Å². The summed E-state index contributed by atoms with van der Waals surface area (Å²) in [5.74, 6) is -1.55. The lowest BCUT2D eigenvalue weighted by Gasteiger charge is -2.14. The van der Waals surface area contributed by atoms with Gasteiger partial charge in [-0.1, -0.05) is 18.2 Å². The highest BCUT2D eigenvalue weighted by atomic mass is 16.5. The number of carboxylic acid groups (broad SMARTS) is 2. The summed E-state index contributed by atoms with van der Waals surface area (Å²) in [4.78, 5) is 21.2. The van der Waals surface area contributed by atoms with Crippen molar-refractivity contribution in [2.24, 2.45) is 0 Å². The van der Waals surface area contributed by atoms with E-state index in [2.05, 4.69) is 0 Å². The highest BCUT2D eigenvalue weighted by Crippen LogP contribution is 2.14. The third-order valence-electron chi connectivity index (χ3n) is 2.15. The topological polar surface area (TPSA) is 83.8 Å². The van der Waals surface area contributed by atoms with Crippen LogP contribution in [0.1, 0.15) is 19.3 Å². The van der Waals surface area contributed by atoms with E-state index in [-0.39, 0.29) is 19.3 Å². The number of rotatable bonds is 7. The molecule has 0 aromatic heterocycles. The van der Waals surface area contributed by atoms with Gasteiger partial charge in [-0.05, 0) is 25.0 Å². The first-order valence-electron chi connectivity index (χ1n) is 5.26. The van der Waals surface area contributed by atoms with E-state index in [1.165, 1.54) is 0 Å². The second-order valence-corrected chi connectivity index (χ2v) is 3.54. The maximum absolute atomic E-state index is 10.9. The Hall–Kier alpha value is -2.04. The van der Waals surface area contributed by atoms with Crippen molar-refractivity contribution >= 4 is 11.9 Å². The molecule has 0 aliphatic carbocycles. The van der Waals surface area contributed by atoms with Crippen molar-refractivity contribution in [3.05, 3.63) is 30.3 Å². The average molecular weight is 238 g/mol. The van der Waals surface area contributed by atoms with Crippen LogP contribution in [-0.2, 0) is 9.59 Å². The zero-order chi connectivity index (χ0) is 12.7. The molecule has 1 atom stereocenters. The molecule has 5 heteroatoms. The monoisotopic (exact) mass is 238 g/mol. The van der Waals surface area contributed by atoms with Crippen molar-refractivity contribution in [3.63, 3.8) is 0 Å². The fraction of sp³-hybridized carbons (Fsp3) is 0.333. The molecule has 0 aliphatic heterocycles. The van der Waals surface area contributed by atoms with Gasteiger partial charge in [0.1, 0.15) is 5.75 Å². The van der Waals surface area contributed by atoms with Gasteiger partial charge in [-0.15, -0.1) is 0 Å². The summed E-state index contributed by atoms with van der Waals surface area (Å²) in [5, 5.41) is 17.4. The Morgan fingerprint density at radius 3 is 2.35 bits per heavy atom. The van der Waals surface area contributed by atoms with Crippen molar-refractivity contribution in [2.75, 3.05) is 0 Å². The summed E-state index contributed by atoms with van der Waals surface area (Å²) in [6.07, 6.45) is -0.603. The standard InChI is InChI=1S/C12H14O5/c13-11(14)8-4-7-10(12(15)16)17-9-5-2-1-3-6-9/h1-3,5-6,10H,4,7-8H2,(H,13,14)(H,15,16). The van der Waals surface area contributed by atoms with E-state index in [1.807, 2.05) is 0 Å². The normalized spacial score (nSPS) is 11.8. The first-order chi connectivity index (χ1) is 8.09. The van der Waals surface area contributed by atoms with Crippen molar-refractivity contribution in [2.45, 2.75) is 25.4 Å². The zero-order valence-electron chi connectivity index (χ0n) is 9.20. The summed E-state index contributed by atoms with van der Waals surface area (Å²) in [6.45, 7) is 0. The predicted molar refractivity (Wildman–Crippen MR) is 60.0 cm³/mol. The van der Waals surface area contributed by atoms with Crippen LogP contribution in [0.15, 0.2) is 30.3 Å². The Bertz CT molecular complexity index is 374.